The summed E-state index contributed by atoms with van der Waals surface area (Å²) in [4.78, 5) is 21.2. The molecule has 1 fully saturated rings. The van der Waals surface area contributed by atoms with Crippen LogP contribution in [0.3, 0.4) is 0 Å². The van der Waals surface area contributed by atoms with Crippen molar-refractivity contribution in [3.05, 3.63) is 30.5 Å². The fourth-order valence-electron chi connectivity index (χ4n) is 3.05. The molecular formula is C17H19N8O+. The number of likely N-dealkylation sites (N-methyl/N-ethyl adjacent to an activating group) is 1. The Hall–Kier alpha value is -3.25. The van der Waals surface area contributed by atoms with E-state index in [9.17, 15) is 5.26 Å². The average Bonchev–Trinajstić information content (AvgIpc) is 3.10. The second kappa shape index (κ2) is 6.93. The van der Waals surface area contributed by atoms with Crippen LogP contribution in [0.1, 0.15) is 18.5 Å². The fourth-order valence-corrected chi connectivity index (χ4v) is 3.05. The van der Waals surface area contributed by atoms with Gasteiger partial charge in [0.05, 0.1) is 18.6 Å². The molecule has 0 spiro atoms. The maximum atomic E-state index is 9.29. The van der Waals surface area contributed by atoms with Gasteiger partial charge in [-0.15, -0.1) is 0 Å². The number of aromatic nitrogens is 5. The molecule has 132 valence electrons. The molecule has 1 aliphatic rings. The van der Waals surface area contributed by atoms with E-state index in [0.29, 0.717) is 11.6 Å². The molecule has 26 heavy (non-hydrogen) atoms. The molecule has 4 rings (SSSR count). The lowest BCUT2D eigenvalue weighted by Gasteiger charge is -2.29. The van der Waals surface area contributed by atoms with Crippen LogP contribution >= 0.6 is 0 Å². The van der Waals surface area contributed by atoms with Crippen LogP contribution in [0.25, 0.3) is 11.0 Å². The molecule has 1 atom stereocenters. The van der Waals surface area contributed by atoms with Crippen LogP contribution in [0.15, 0.2) is 24.8 Å². The van der Waals surface area contributed by atoms with E-state index in [1.807, 2.05) is 18.3 Å². The number of H-pyrrole nitrogens is 2. The van der Waals surface area contributed by atoms with Crippen LogP contribution in [0.5, 0.6) is 5.88 Å². The number of hydrogen-bond acceptors (Lipinski definition) is 7. The Kier molecular flexibility index (Phi) is 4.33. The molecule has 3 aromatic rings. The van der Waals surface area contributed by atoms with E-state index in [0.717, 1.165) is 37.0 Å². The van der Waals surface area contributed by atoms with Crippen molar-refractivity contribution in [1.82, 2.24) is 24.8 Å². The van der Waals surface area contributed by atoms with Gasteiger partial charge in [0.2, 0.25) is 11.5 Å². The number of hydrogen-bond donors (Lipinski definition) is 2. The number of fused-ring (bicyclic) bond motifs is 1. The molecule has 4 heterocycles. The minimum absolute atomic E-state index is 0.0115. The zero-order chi connectivity index (χ0) is 17.9. The molecule has 9 heteroatoms. The summed E-state index contributed by atoms with van der Waals surface area (Å²) in [7, 11) is 2.06. The zero-order valence-electron chi connectivity index (χ0n) is 14.4. The summed E-state index contributed by atoms with van der Waals surface area (Å²) in [6, 6.07) is 3.91. The van der Waals surface area contributed by atoms with Crippen molar-refractivity contribution < 1.29 is 9.72 Å². The van der Waals surface area contributed by atoms with Gasteiger partial charge in [0.25, 0.3) is 11.7 Å². The van der Waals surface area contributed by atoms with Crippen LogP contribution in [-0.4, -0.2) is 51.1 Å². The maximum absolute atomic E-state index is 9.29. The number of imidazole rings is 1. The van der Waals surface area contributed by atoms with Crippen molar-refractivity contribution in [3.8, 4) is 11.9 Å². The molecule has 0 bridgehead atoms. The standard InChI is InChI=1S/C17H18N8O/c1-25-4-2-3-11(9-25)26-17-13(6-18)19-8-16(24-17)23-15-5-12-14(7-20-15)22-10-21-12/h5,7-8,10-11H,2-4,9H2,1H3,(H,21,22)(H,20,23,24)/p+1. The summed E-state index contributed by atoms with van der Waals surface area (Å²) in [5.41, 5.74) is 1.93. The van der Waals surface area contributed by atoms with E-state index in [2.05, 4.69) is 42.2 Å². The highest BCUT2D eigenvalue weighted by atomic mass is 16.5. The highest BCUT2D eigenvalue weighted by Gasteiger charge is 2.22. The Morgan fingerprint density at radius 1 is 1.46 bits per heavy atom. The number of nitrogens with zero attached hydrogens (tertiary/aromatic N) is 5. The summed E-state index contributed by atoms with van der Waals surface area (Å²) in [5.74, 6) is 1.47. The minimum atomic E-state index is 0.0115. The van der Waals surface area contributed by atoms with Crippen molar-refractivity contribution in [1.29, 1.82) is 5.26 Å². The van der Waals surface area contributed by atoms with E-state index in [1.54, 1.807) is 6.33 Å². The lowest BCUT2D eigenvalue weighted by molar-refractivity contribution is -0.358. The summed E-state index contributed by atoms with van der Waals surface area (Å²) in [6.45, 7) is 1.87. The van der Waals surface area contributed by atoms with Crippen molar-refractivity contribution >= 4 is 22.7 Å². The molecule has 3 N–H and O–H groups in total. The molecular weight excluding hydrogens is 332 g/mol. The average molecular weight is 351 g/mol. The quantitative estimate of drug-likeness (QED) is 0.726. The molecule has 0 aliphatic carbocycles. The molecule has 9 nitrogen and oxygen atoms in total. The van der Waals surface area contributed by atoms with Gasteiger partial charge in [0.15, 0.2) is 0 Å². The van der Waals surface area contributed by atoms with E-state index >= 15 is 0 Å². The van der Waals surface area contributed by atoms with Crippen LogP contribution in [0.4, 0.5) is 11.6 Å². The fraction of sp³-hybridized carbons (Fsp3) is 0.353. The molecule has 1 saturated heterocycles. The molecule has 0 amide bonds. The first-order chi connectivity index (χ1) is 12.7. The lowest BCUT2D eigenvalue weighted by Crippen LogP contribution is -2.38. The second-order valence-corrected chi connectivity index (χ2v) is 6.34. The van der Waals surface area contributed by atoms with Gasteiger partial charge in [0, 0.05) is 6.54 Å². The number of nitrogens with one attached hydrogen (secondary N) is 3. The zero-order valence-corrected chi connectivity index (χ0v) is 14.4. The van der Waals surface area contributed by atoms with Gasteiger partial charge in [-0.25, -0.2) is 20.3 Å². The van der Waals surface area contributed by atoms with Gasteiger partial charge in [-0.05, 0) is 26.4 Å². The number of ether oxygens (including phenoxy) is 1. The summed E-state index contributed by atoms with van der Waals surface area (Å²) in [5, 5.41) is 12.4. The molecule has 0 radical (unpaired) electrons. The summed E-state index contributed by atoms with van der Waals surface area (Å²) in [6.07, 6.45) is 6.98. The van der Waals surface area contributed by atoms with Gasteiger partial charge < -0.3 is 14.6 Å². The minimum Gasteiger partial charge on any atom is -0.471 e. The molecule has 1 unspecified atom stereocenters. The number of pyridine rings is 1. The third-order valence-electron chi connectivity index (χ3n) is 4.32. The topological polar surface area (TPSA) is 117 Å². The van der Waals surface area contributed by atoms with Gasteiger partial charge in [-0.1, -0.05) is 0 Å². The first-order valence-electron chi connectivity index (χ1n) is 8.45. The van der Waals surface area contributed by atoms with Gasteiger partial charge >= 0.3 is 0 Å². The highest BCUT2D eigenvalue weighted by Crippen LogP contribution is 2.22. The third kappa shape index (κ3) is 3.41. The Labute approximate surface area is 150 Å². The van der Waals surface area contributed by atoms with Crippen molar-refractivity contribution in [2.75, 3.05) is 25.5 Å². The Bertz CT molecular complexity index is 963. The maximum Gasteiger partial charge on any atom is 0.280 e. The molecule has 3 aromatic heterocycles. The third-order valence-corrected chi connectivity index (χ3v) is 4.32. The van der Waals surface area contributed by atoms with Gasteiger partial charge in [-0.2, -0.15) is 10.2 Å². The first-order valence-corrected chi connectivity index (χ1v) is 8.45. The Balaban J connectivity index is 1.55. The smallest absolute Gasteiger partial charge is 0.280 e. The number of piperidine rings is 1. The predicted octanol–water partition coefficient (Wildman–Crippen LogP) is 1.26. The number of rotatable bonds is 4. The number of likely N-dealkylation sites (tertiary alicyclic amines) is 1. The number of anilines is 2. The largest absolute Gasteiger partial charge is 0.471 e. The van der Waals surface area contributed by atoms with Crippen LogP contribution in [0.2, 0.25) is 0 Å². The van der Waals surface area contributed by atoms with Crippen LogP contribution in [0, 0.1) is 11.3 Å². The van der Waals surface area contributed by atoms with Gasteiger partial charge in [0.1, 0.15) is 29.4 Å². The normalized spacial score (nSPS) is 17.8. The number of nitriles is 1. The van der Waals surface area contributed by atoms with E-state index < -0.39 is 0 Å². The lowest BCUT2D eigenvalue weighted by atomic mass is 10.1. The van der Waals surface area contributed by atoms with Crippen molar-refractivity contribution in [2.45, 2.75) is 18.9 Å². The SMILES string of the molecule is CN1CCCC(Oc2nc(Nc3cc4nc[nH]c4c[nH+]3)cnc2C#N)C1. The molecule has 0 aromatic carbocycles. The van der Waals surface area contributed by atoms with Crippen LogP contribution < -0.4 is 15.0 Å². The summed E-state index contributed by atoms with van der Waals surface area (Å²) < 4.78 is 5.98. The monoisotopic (exact) mass is 351 g/mol. The predicted molar refractivity (Wildman–Crippen MR) is 93.8 cm³/mol. The summed E-state index contributed by atoms with van der Waals surface area (Å²) >= 11 is 0. The molecule has 1 aliphatic heterocycles. The highest BCUT2D eigenvalue weighted by molar-refractivity contribution is 5.75. The van der Waals surface area contributed by atoms with Crippen molar-refractivity contribution in [3.63, 3.8) is 0 Å². The number of aromatic amines is 2. The van der Waals surface area contributed by atoms with E-state index in [4.69, 9.17) is 4.74 Å². The van der Waals surface area contributed by atoms with E-state index in [-0.39, 0.29) is 17.7 Å². The molecule has 0 saturated carbocycles. The first kappa shape index (κ1) is 16.2. The van der Waals surface area contributed by atoms with Crippen LogP contribution in [-0.2, 0) is 0 Å². The van der Waals surface area contributed by atoms with E-state index in [1.165, 1.54) is 6.20 Å². The Morgan fingerprint density at radius 3 is 3.23 bits per heavy atom. The Morgan fingerprint density at radius 2 is 2.38 bits per heavy atom. The second-order valence-electron chi connectivity index (χ2n) is 6.34. The van der Waals surface area contributed by atoms with Crippen molar-refractivity contribution in [2.24, 2.45) is 0 Å². The van der Waals surface area contributed by atoms with Gasteiger partial charge in [-0.3, -0.25) is 0 Å².